The average Bonchev–Trinajstić information content (AvgIpc) is 3.08. The van der Waals surface area contributed by atoms with E-state index in [2.05, 4.69) is 35.8 Å². The molecule has 1 aliphatic carbocycles. The number of aromatic nitrogens is 3. The lowest BCUT2D eigenvalue weighted by molar-refractivity contribution is -0.139. The quantitative estimate of drug-likeness (QED) is 0.566. The Bertz CT molecular complexity index is 957. The van der Waals surface area contributed by atoms with Crippen molar-refractivity contribution >= 4 is 38.9 Å². The highest BCUT2D eigenvalue weighted by Gasteiger charge is 2.34. The third kappa shape index (κ3) is 3.47. The average molecular weight is 443 g/mol. The van der Waals surface area contributed by atoms with Gasteiger partial charge in [0.15, 0.2) is 5.65 Å². The van der Waals surface area contributed by atoms with Gasteiger partial charge in [0.05, 0.1) is 11.8 Å². The van der Waals surface area contributed by atoms with Gasteiger partial charge in [0.1, 0.15) is 0 Å². The van der Waals surface area contributed by atoms with E-state index in [0.717, 1.165) is 53.9 Å². The van der Waals surface area contributed by atoms with E-state index in [0.29, 0.717) is 4.47 Å². The molecule has 1 unspecified atom stereocenters. The van der Waals surface area contributed by atoms with Gasteiger partial charge in [-0.05, 0) is 60.5 Å². The molecule has 0 spiro atoms. The number of nitrogens with zero attached hydrogens (tertiary/aromatic N) is 2. The Labute approximate surface area is 160 Å². The lowest BCUT2D eigenvalue weighted by Crippen LogP contribution is -2.30. The molecule has 3 aromatic rings. The zero-order valence-corrected chi connectivity index (χ0v) is 15.8. The molecule has 1 aromatic carbocycles. The summed E-state index contributed by atoms with van der Waals surface area (Å²) in [6.07, 6.45) is 1.65. The minimum Gasteiger partial charge on any atom is -0.261 e. The van der Waals surface area contributed by atoms with Crippen LogP contribution in [0.15, 0.2) is 40.0 Å². The second-order valence-electron chi connectivity index (χ2n) is 6.19. The van der Waals surface area contributed by atoms with E-state index in [1.807, 2.05) is 6.20 Å². The van der Waals surface area contributed by atoms with E-state index in [4.69, 9.17) is 0 Å². The van der Waals surface area contributed by atoms with Crippen molar-refractivity contribution < 1.29 is 13.2 Å². The number of benzene rings is 1. The molecular weight excluding hydrogens is 429 g/mol. The fourth-order valence-corrected chi connectivity index (χ4v) is 4.49. The van der Waals surface area contributed by atoms with E-state index in [9.17, 15) is 13.2 Å². The number of pyridine rings is 1. The molecule has 26 heavy (non-hydrogen) atoms. The highest BCUT2D eigenvalue weighted by atomic mass is 79.9. The van der Waals surface area contributed by atoms with Crippen molar-refractivity contribution in [1.29, 1.82) is 0 Å². The summed E-state index contributed by atoms with van der Waals surface area (Å²) in [5, 5.41) is 7.92. The zero-order valence-electron chi connectivity index (χ0n) is 13.4. The molecule has 9 heteroatoms. The van der Waals surface area contributed by atoms with E-state index in [1.165, 1.54) is 11.6 Å². The minimum absolute atomic E-state index is 0.0865. The summed E-state index contributed by atoms with van der Waals surface area (Å²) in [7, 11) is 0. The van der Waals surface area contributed by atoms with Gasteiger partial charge in [0.2, 0.25) is 0 Å². The van der Waals surface area contributed by atoms with Gasteiger partial charge in [-0.15, -0.1) is 0 Å². The Morgan fingerprint density at radius 1 is 1.27 bits per heavy atom. The maximum absolute atomic E-state index is 13.2. The van der Waals surface area contributed by atoms with Crippen LogP contribution >= 0.6 is 27.9 Å². The summed E-state index contributed by atoms with van der Waals surface area (Å²) in [6, 6.07) is 4.30. The SMILES string of the molecule is FC(F)(F)c1cc(Br)ccc1SNC1CCc2c(cnc3[nH]ncc23)C1. The first-order chi connectivity index (χ1) is 12.4. The number of rotatable bonds is 3. The van der Waals surface area contributed by atoms with Crippen molar-refractivity contribution in [2.45, 2.75) is 36.4 Å². The Balaban J connectivity index is 1.50. The smallest absolute Gasteiger partial charge is 0.261 e. The zero-order chi connectivity index (χ0) is 18.3. The molecule has 1 aliphatic rings. The molecule has 1 atom stereocenters. The van der Waals surface area contributed by atoms with Crippen LogP contribution in [0.1, 0.15) is 23.1 Å². The van der Waals surface area contributed by atoms with Gasteiger partial charge in [-0.1, -0.05) is 15.9 Å². The van der Waals surface area contributed by atoms with Gasteiger partial charge < -0.3 is 0 Å². The second kappa shape index (κ2) is 6.86. The maximum atomic E-state index is 13.2. The van der Waals surface area contributed by atoms with Crippen LogP contribution in [-0.4, -0.2) is 21.2 Å². The van der Waals surface area contributed by atoms with Crippen LogP contribution < -0.4 is 4.72 Å². The summed E-state index contributed by atoms with van der Waals surface area (Å²) in [5.41, 5.74) is 2.48. The third-order valence-electron chi connectivity index (χ3n) is 4.47. The van der Waals surface area contributed by atoms with Gasteiger partial charge in [0, 0.05) is 27.0 Å². The molecule has 0 aliphatic heterocycles. The van der Waals surface area contributed by atoms with Gasteiger partial charge in [-0.25, -0.2) is 4.98 Å². The van der Waals surface area contributed by atoms with Crippen LogP contribution in [0.2, 0.25) is 0 Å². The molecular formula is C17H14BrF3N4S. The van der Waals surface area contributed by atoms with E-state index < -0.39 is 11.7 Å². The number of aromatic amines is 1. The molecule has 0 saturated carbocycles. The van der Waals surface area contributed by atoms with Crippen LogP contribution in [0.5, 0.6) is 0 Å². The van der Waals surface area contributed by atoms with Crippen molar-refractivity contribution in [3.05, 3.63) is 51.8 Å². The monoisotopic (exact) mass is 442 g/mol. The molecule has 4 rings (SSSR count). The van der Waals surface area contributed by atoms with Gasteiger partial charge in [0.25, 0.3) is 0 Å². The highest BCUT2D eigenvalue weighted by molar-refractivity contribution is 9.10. The topological polar surface area (TPSA) is 53.6 Å². The molecule has 136 valence electrons. The number of aryl methyl sites for hydroxylation is 1. The van der Waals surface area contributed by atoms with Crippen LogP contribution in [0.25, 0.3) is 11.0 Å². The fourth-order valence-electron chi connectivity index (χ4n) is 3.21. The number of alkyl halides is 3. The predicted octanol–water partition coefficient (Wildman–Crippen LogP) is 4.89. The molecule has 2 aromatic heterocycles. The van der Waals surface area contributed by atoms with Crippen LogP contribution in [0, 0.1) is 0 Å². The van der Waals surface area contributed by atoms with Crippen molar-refractivity contribution in [3.63, 3.8) is 0 Å². The molecule has 0 bridgehead atoms. The van der Waals surface area contributed by atoms with Gasteiger partial charge in [-0.2, -0.15) is 18.3 Å². The van der Waals surface area contributed by atoms with Crippen LogP contribution in [-0.2, 0) is 19.0 Å². The van der Waals surface area contributed by atoms with E-state index >= 15 is 0 Å². The number of fused-ring (bicyclic) bond motifs is 3. The van der Waals surface area contributed by atoms with Gasteiger partial charge in [-0.3, -0.25) is 9.82 Å². The molecule has 4 nitrogen and oxygen atoms in total. The number of H-pyrrole nitrogens is 1. The Morgan fingerprint density at radius 2 is 2.12 bits per heavy atom. The number of halogens is 4. The summed E-state index contributed by atoms with van der Waals surface area (Å²) >= 11 is 4.15. The van der Waals surface area contributed by atoms with Gasteiger partial charge >= 0.3 is 6.18 Å². The van der Waals surface area contributed by atoms with Crippen molar-refractivity contribution in [2.75, 3.05) is 0 Å². The first-order valence-corrected chi connectivity index (χ1v) is 9.61. The molecule has 0 amide bonds. The third-order valence-corrected chi connectivity index (χ3v) is 5.99. The Morgan fingerprint density at radius 3 is 2.92 bits per heavy atom. The van der Waals surface area contributed by atoms with E-state index in [1.54, 1.807) is 12.3 Å². The van der Waals surface area contributed by atoms with Crippen LogP contribution in [0.3, 0.4) is 0 Å². The molecule has 0 radical (unpaired) electrons. The summed E-state index contributed by atoms with van der Waals surface area (Å²) in [5.74, 6) is 0. The normalized spacial score (nSPS) is 17.5. The Kier molecular flexibility index (Phi) is 4.70. The standard InChI is InChI=1S/C17H14BrF3N4S/c18-10-1-4-15(14(6-10)17(19,20)21)26-25-11-2-3-12-9(5-11)7-22-16-13(12)8-23-24-16/h1,4,6-8,11,25H,2-3,5H2,(H,22,23,24). The van der Waals surface area contributed by atoms with Crippen molar-refractivity contribution in [2.24, 2.45) is 0 Å². The number of nitrogens with one attached hydrogen (secondary N) is 2. The van der Waals surface area contributed by atoms with E-state index in [-0.39, 0.29) is 10.9 Å². The summed E-state index contributed by atoms with van der Waals surface area (Å²) in [6.45, 7) is 0. The first kappa shape index (κ1) is 17.8. The summed E-state index contributed by atoms with van der Waals surface area (Å²) in [4.78, 5) is 4.53. The summed E-state index contributed by atoms with van der Waals surface area (Å²) < 4.78 is 43.3. The maximum Gasteiger partial charge on any atom is 0.417 e. The Hall–Kier alpha value is -1.58. The first-order valence-electron chi connectivity index (χ1n) is 8.01. The lowest BCUT2D eigenvalue weighted by Gasteiger charge is -2.25. The number of hydrogen-bond acceptors (Lipinski definition) is 4. The lowest BCUT2D eigenvalue weighted by atomic mass is 9.88. The fraction of sp³-hybridized carbons (Fsp3) is 0.294. The second-order valence-corrected chi connectivity index (χ2v) is 7.99. The van der Waals surface area contributed by atoms with Crippen LogP contribution in [0.4, 0.5) is 13.2 Å². The molecule has 0 saturated heterocycles. The predicted molar refractivity (Wildman–Crippen MR) is 97.8 cm³/mol. The molecule has 2 N–H and O–H groups in total. The highest BCUT2D eigenvalue weighted by Crippen LogP contribution is 2.38. The van der Waals surface area contributed by atoms with Crippen molar-refractivity contribution in [3.8, 4) is 0 Å². The molecule has 0 fully saturated rings. The minimum atomic E-state index is -4.39. The number of hydrogen-bond donors (Lipinski definition) is 2. The molecule has 2 heterocycles. The largest absolute Gasteiger partial charge is 0.417 e. The van der Waals surface area contributed by atoms with Crippen molar-refractivity contribution in [1.82, 2.24) is 19.9 Å².